The molecule has 0 saturated carbocycles. The number of amides is 2. The second-order valence-electron chi connectivity index (χ2n) is 7.61. The van der Waals surface area contributed by atoms with Crippen molar-refractivity contribution >= 4 is 29.4 Å². The SMILES string of the molecule is CCOC(=O)C1=C(C)[C@H]2OC(=O)[C@@]1(C)[C@H]1C(=O)N(c3ccccc3C)C(=O)[C@H]21. The second-order valence-corrected chi connectivity index (χ2v) is 7.61. The molecule has 2 amide bonds. The van der Waals surface area contributed by atoms with Crippen molar-refractivity contribution in [2.75, 3.05) is 11.5 Å². The van der Waals surface area contributed by atoms with Crippen molar-refractivity contribution in [2.24, 2.45) is 17.3 Å². The molecule has 1 aliphatic carbocycles. The van der Waals surface area contributed by atoms with Gasteiger partial charge in [-0.2, -0.15) is 0 Å². The molecule has 0 spiro atoms. The second kappa shape index (κ2) is 6.02. The molecule has 0 N–H and O–H groups in total. The van der Waals surface area contributed by atoms with E-state index in [1.807, 2.05) is 19.1 Å². The van der Waals surface area contributed by atoms with Crippen molar-refractivity contribution in [3.05, 3.63) is 41.0 Å². The summed E-state index contributed by atoms with van der Waals surface area (Å²) in [6, 6.07) is 7.07. The predicted molar refractivity (Wildman–Crippen MR) is 98.0 cm³/mol. The molecule has 1 aromatic rings. The van der Waals surface area contributed by atoms with Crippen molar-refractivity contribution in [1.82, 2.24) is 0 Å². The number of carbonyl (C=O) groups excluding carboxylic acids is 4. The lowest BCUT2D eigenvalue weighted by Crippen LogP contribution is -2.60. The first kappa shape index (κ1) is 18.4. The van der Waals surface area contributed by atoms with Crippen LogP contribution in [0.3, 0.4) is 0 Å². The van der Waals surface area contributed by atoms with Gasteiger partial charge in [-0.1, -0.05) is 18.2 Å². The van der Waals surface area contributed by atoms with Gasteiger partial charge >= 0.3 is 11.9 Å². The lowest BCUT2D eigenvalue weighted by atomic mass is 9.57. The van der Waals surface area contributed by atoms with E-state index in [0.29, 0.717) is 11.3 Å². The van der Waals surface area contributed by atoms with Gasteiger partial charge in [0.2, 0.25) is 11.8 Å². The molecule has 4 aliphatic rings. The number of ether oxygens (including phenoxy) is 2. The van der Waals surface area contributed by atoms with E-state index in [9.17, 15) is 19.2 Å². The molecule has 2 saturated heterocycles. The Bertz CT molecular complexity index is 963. The van der Waals surface area contributed by atoms with Gasteiger partial charge in [0, 0.05) is 0 Å². The van der Waals surface area contributed by atoms with Gasteiger partial charge in [-0.3, -0.25) is 14.4 Å². The first-order valence-corrected chi connectivity index (χ1v) is 9.28. The maximum absolute atomic E-state index is 13.4. The van der Waals surface area contributed by atoms with Gasteiger partial charge in [0.1, 0.15) is 11.5 Å². The number of anilines is 1. The molecule has 28 heavy (non-hydrogen) atoms. The fourth-order valence-corrected chi connectivity index (χ4v) is 4.84. The molecule has 1 aromatic carbocycles. The van der Waals surface area contributed by atoms with Crippen molar-refractivity contribution in [3.63, 3.8) is 0 Å². The summed E-state index contributed by atoms with van der Waals surface area (Å²) in [6.07, 6.45) is -0.941. The Labute approximate surface area is 162 Å². The molecule has 3 heterocycles. The number of para-hydroxylation sites is 1. The Balaban J connectivity index is 1.88. The number of imide groups is 1. The molecule has 5 rings (SSSR count). The van der Waals surface area contributed by atoms with Crippen molar-refractivity contribution in [2.45, 2.75) is 33.8 Å². The van der Waals surface area contributed by atoms with E-state index in [0.717, 1.165) is 10.5 Å². The van der Waals surface area contributed by atoms with Gasteiger partial charge in [-0.15, -0.1) is 0 Å². The molecule has 146 valence electrons. The van der Waals surface area contributed by atoms with E-state index in [1.165, 1.54) is 6.92 Å². The number of carbonyl (C=O) groups is 4. The summed E-state index contributed by atoms with van der Waals surface area (Å²) in [6.45, 7) is 6.78. The summed E-state index contributed by atoms with van der Waals surface area (Å²) in [4.78, 5) is 53.2. The van der Waals surface area contributed by atoms with Gasteiger partial charge in [-0.05, 0) is 44.9 Å². The van der Waals surface area contributed by atoms with Crippen LogP contribution in [0, 0.1) is 24.2 Å². The Morgan fingerprint density at radius 3 is 2.50 bits per heavy atom. The molecule has 4 atom stereocenters. The fourth-order valence-electron chi connectivity index (χ4n) is 4.84. The molecule has 7 nitrogen and oxygen atoms in total. The van der Waals surface area contributed by atoms with E-state index in [1.54, 1.807) is 26.0 Å². The summed E-state index contributed by atoms with van der Waals surface area (Å²) < 4.78 is 10.6. The third kappa shape index (κ3) is 2.10. The highest BCUT2D eigenvalue weighted by Gasteiger charge is 2.71. The van der Waals surface area contributed by atoms with Gasteiger partial charge in [0.15, 0.2) is 0 Å². The average molecular weight is 383 g/mol. The maximum Gasteiger partial charge on any atom is 0.335 e. The molecule has 2 bridgehead atoms. The molecular formula is C21H21NO6. The van der Waals surface area contributed by atoms with Crippen LogP contribution in [-0.2, 0) is 28.7 Å². The average Bonchev–Trinajstić information content (AvgIpc) is 2.90. The topological polar surface area (TPSA) is 90.0 Å². The molecule has 7 heteroatoms. The molecule has 0 radical (unpaired) electrons. The lowest BCUT2D eigenvalue weighted by molar-refractivity contribution is -0.184. The number of benzene rings is 1. The summed E-state index contributed by atoms with van der Waals surface area (Å²) >= 11 is 0. The van der Waals surface area contributed by atoms with E-state index < -0.39 is 47.1 Å². The van der Waals surface area contributed by atoms with Crippen LogP contribution in [0.15, 0.2) is 35.4 Å². The first-order chi connectivity index (χ1) is 13.2. The number of hydrogen-bond acceptors (Lipinski definition) is 6. The minimum atomic E-state index is -1.56. The molecule has 2 fully saturated rings. The van der Waals surface area contributed by atoms with Gasteiger partial charge < -0.3 is 9.47 Å². The Kier molecular flexibility index (Phi) is 3.96. The van der Waals surface area contributed by atoms with E-state index >= 15 is 0 Å². The van der Waals surface area contributed by atoms with Crippen LogP contribution in [0.1, 0.15) is 26.3 Å². The summed E-state index contributed by atoms with van der Waals surface area (Å²) in [5.74, 6) is -4.03. The lowest BCUT2D eigenvalue weighted by Gasteiger charge is -2.48. The van der Waals surface area contributed by atoms with E-state index in [4.69, 9.17) is 9.47 Å². The van der Waals surface area contributed by atoms with Crippen LogP contribution in [0.5, 0.6) is 0 Å². The minimum Gasteiger partial charge on any atom is -0.463 e. The van der Waals surface area contributed by atoms with Crippen LogP contribution in [0.25, 0.3) is 0 Å². The Morgan fingerprint density at radius 2 is 1.86 bits per heavy atom. The number of rotatable bonds is 3. The zero-order valence-corrected chi connectivity index (χ0v) is 16.1. The number of nitrogens with zero attached hydrogens (tertiary/aromatic N) is 1. The van der Waals surface area contributed by atoms with Crippen LogP contribution in [0.2, 0.25) is 0 Å². The number of hydrogen-bond donors (Lipinski definition) is 0. The van der Waals surface area contributed by atoms with Gasteiger partial charge in [0.25, 0.3) is 0 Å². The monoisotopic (exact) mass is 383 g/mol. The fraction of sp³-hybridized carbons (Fsp3) is 0.429. The highest BCUT2D eigenvalue weighted by molar-refractivity contribution is 6.25. The molecule has 0 aromatic heterocycles. The smallest absolute Gasteiger partial charge is 0.335 e. The Hall–Kier alpha value is -2.96. The third-order valence-corrected chi connectivity index (χ3v) is 6.13. The number of esters is 2. The number of fused-ring (bicyclic) bond motifs is 1. The summed E-state index contributed by atoms with van der Waals surface area (Å²) in [5, 5.41) is 0. The van der Waals surface area contributed by atoms with Crippen molar-refractivity contribution in [1.29, 1.82) is 0 Å². The predicted octanol–water partition coefficient (Wildman–Crippen LogP) is 1.93. The largest absolute Gasteiger partial charge is 0.463 e. The van der Waals surface area contributed by atoms with Crippen LogP contribution < -0.4 is 4.90 Å². The van der Waals surface area contributed by atoms with Crippen LogP contribution in [0.4, 0.5) is 5.69 Å². The standard InChI is InChI=1S/C21H21NO6/c1-5-27-19(25)14-11(3)16-13-15(21(14,4)20(26)28-16)18(24)22(17(13)23)12-9-7-6-8-10(12)2/h6-9,13,15-16H,5H2,1-4H3/t13-,15+,16+,21+/m0/s1. The quantitative estimate of drug-likeness (QED) is 0.585. The molecule has 3 aliphatic heterocycles. The van der Waals surface area contributed by atoms with E-state index in [2.05, 4.69) is 0 Å². The summed E-state index contributed by atoms with van der Waals surface area (Å²) in [5.41, 5.74) is 0.319. The van der Waals surface area contributed by atoms with Crippen molar-refractivity contribution in [3.8, 4) is 0 Å². The minimum absolute atomic E-state index is 0.141. The van der Waals surface area contributed by atoms with Crippen molar-refractivity contribution < 1.29 is 28.7 Å². The highest BCUT2D eigenvalue weighted by atomic mass is 16.6. The molecule has 0 unspecified atom stereocenters. The Morgan fingerprint density at radius 1 is 1.18 bits per heavy atom. The number of aryl methyl sites for hydroxylation is 1. The third-order valence-electron chi connectivity index (χ3n) is 6.13. The van der Waals surface area contributed by atoms with Crippen LogP contribution >= 0.6 is 0 Å². The van der Waals surface area contributed by atoms with E-state index in [-0.39, 0.29) is 12.2 Å². The summed E-state index contributed by atoms with van der Waals surface area (Å²) in [7, 11) is 0. The zero-order chi connectivity index (χ0) is 20.4. The van der Waals surface area contributed by atoms with Gasteiger partial charge in [0.05, 0.1) is 29.7 Å². The van der Waals surface area contributed by atoms with Gasteiger partial charge in [-0.25, -0.2) is 9.69 Å². The molecular weight excluding hydrogens is 362 g/mol. The maximum atomic E-state index is 13.4. The normalized spacial score (nSPS) is 31.2. The highest BCUT2D eigenvalue weighted by Crippen LogP contribution is 2.58. The van der Waals surface area contributed by atoms with Crippen LogP contribution in [-0.4, -0.2) is 36.5 Å². The first-order valence-electron chi connectivity index (χ1n) is 9.28. The zero-order valence-electron chi connectivity index (χ0n) is 16.1.